The minimum absolute atomic E-state index is 0.0316. The molecule has 1 saturated heterocycles. The van der Waals surface area contributed by atoms with E-state index in [4.69, 9.17) is 5.11 Å². The van der Waals surface area contributed by atoms with Crippen molar-refractivity contribution in [3.05, 3.63) is 0 Å². The Labute approximate surface area is 135 Å². The summed E-state index contributed by atoms with van der Waals surface area (Å²) in [4.78, 5) is 40.5. The molecule has 0 unspecified atom stereocenters. The van der Waals surface area contributed by atoms with Gasteiger partial charge in [0, 0.05) is 6.54 Å². The summed E-state index contributed by atoms with van der Waals surface area (Å²) < 4.78 is 0. The van der Waals surface area contributed by atoms with Gasteiger partial charge in [-0.05, 0) is 38.5 Å². The molecular formula is C16H24N2O5. The van der Waals surface area contributed by atoms with Crippen LogP contribution in [0.15, 0.2) is 4.99 Å². The Bertz CT molecular complexity index is 513. The van der Waals surface area contributed by atoms with Crippen LogP contribution in [0.1, 0.15) is 51.9 Å². The van der Waals surface area contributed by atoms with Gasteiger partial charge in [-0.1, -0.05) is 19.3 Å². The van der Waals surface area contributed by atoms with Gasteiger partial charge in [-0.3, -0.25) is 9.79 Å². The van der Waals surface area contributed by atoms with E-state index in [1.165, 1.54) is 11.8 Å². The Kier molecular flexibility index (Phi) is 5.38. The smallest absolute Gasteiger partial charge is 0.346 e. The summed E-state index contributed by atoms with van der Waals surface area (Å²) in [5.74, 6) is -2.59. The molecule has 128 valence electrons. The highest BCUT2D eigenvalue weighted by atomic mass is 16.4. The van der Waals surface area contributed by atoms with E-state index in [2.05, 4.69) is 4.99 Å². The standard InChI is InChI=1S/C16H24N2O5/c1-11(17-10-13(19)20)14(21)18-9-5-8-16(18,15(22)23)12-6-3-2-4-7-12/h10-12H,2-9H2,1H3,(H,19,20)(H,22,23)/t11-,16+/m0/s1. The molecule has 7 nitrogen and oxygen atoms in total. The third-order valence-electron chi connectivity index (χ3n) is 5.10. The number of aliphatic imine (C=N–C) groups is 1. The number of likely N-dealkylation sites (tertiary alicyclic amines) is 1. The highest BCUT2D eigenvalue weighted by molar-refractivity contribution is 6.22. The van der Waals surface area contributed by atoms with Crippen molar-refractivity contribution in [2.45, 2.75) is 63.5 Å². The van der Waals surface area contributed by atoms with Crippen LogP contribution in [-0.2, 0) is 14.4 Å². The van der Waals surface area contributed by atoms with Crippen LogP contribution in [0.3, 0.4) is 0 Å². The van der Waals surface area contributed by atoms with Gasteiger partial charge in [0.2, 0.25) is 5.91 Å². The van der Waals surface area contributed by atoms with Gasteiger partial charge in [-0.2, -0.15) is 0 Å². The molecule has 7 heteroatoms. The molecule has 0 spiro atoms. The zero-order valence-corrected chi connectivity index (χ0v) is 13.4. The van der Waals surface area contributed by atoms with Crippen molar-refractivity contribution < 1.29 is 24.6 Å². The molecule has 1 heterocycles. The Balaban J connectivity index is 2.25. The van der Waals surface area contributed by atoms with Crippen molar-refractivity contribution in [3.8, 4) is 0 Å². The van der Waals surface area contributed by atoms with Crippen molar-refractivity contribution >= 4 is 24.1 Å². The quantitative estimate of drug-likeness (QED) is 0.746. The largest absolute Gasteiger partial charge is 0.479 e. The molecule has 0 bridgehead atoms. The number of aliphatic carboxylic acids is 2. The third kappa shape index (κ3) is 3.38. The van der Waals surface area contributed by atoms with Crippen molar-refractivity contribution in [1.29, 1.82) is 0 Å². The molecule has 2 N–H and O–H groups in total. The number of hydrogen-bond acceptors (Lipinski definition) is 4. The van der Waals surface area contributed by atoms with Crippen LogP contribution < -0.4 is 0 Å². The molecule has 1 aliphatic carbocycles. The van der Waals surface area contributed by atoms with E-state index in [0.717, 1.165) is 32.1 Å². The van der Waals surface area contributed by atoms with E-state index in [9.17, 15) is 19.5 Å². The number of amides is 1. The lowest BCUT2D eigenvalue weighted by atomic mass is 9.73. The van der Waals surface area contributed by atoms with E-state index in [0.29, 0.717) is 25.6 Å². The summed E-state index contributed by atoms with van der Waals surface area (Å²) in [5.41, 5.74) is -1.15. The Morgan fingerprint density at radius 1 is 1.17 bits per heavy atom. The molecule has 0 radical (unpaired) electrons. The van der Waals surface area contributed by atoms with Crippen LogP contribution in [0.4, 0.5) is 0 Å². The topological polar surface area (TPSA) is 107 Å². The average molecular weight is 324 g/mol. The number of carboxylic acid groups (broad SMARTS) is 2. The van der Waals surface area contributed by atoms with Crippen LogP contribution in [0.5, 0.6) is 0 Å². The first kappa shape index (κ1) is 17.4. The lowest BCUT2D eigenvalue weighted by Crippen LogP contribution is -2.59. The maximum atomic E-state index is 12.7. The summed E-state index contributed by atoms with van der Waals surface area (Å²) >= 11 is 0. The number of nitrogens with zero attached hydrogens (tertiary/aromatic N) is 2. The molecule has 0 aromatic carbocycles. The Morgan fingerprint density at radius 3 is 2.39 bits per heavy atom. The summed E-state index contributed by atoms with van der Waals surface area (Å²) in [6.45, 7) is 1.90. The Morgan fingerprint density at radius 2 is 1.83 bits per heavy atom. The minimum atomic E-state index is -1.22. The SMILES string of the molecule is C[C@H](N=CC(=O)O)C(=O)N1CCC[C@]1(C(=O)O)C1CCCCC1. The maximum Gasteiger partial charge on any atom is 0.346 e. The fourth-order valence-corrected chi connectivity index (χ4v) is 4.01. The van der Waals surface area contributed by atoms with Gasteiger partial charge in [0.15, 0.2) is 0 Å². The molecule has 2 rings (SSSR count). The molecule has 1 aliphatic heterocycles. The molecule has 2 fully saturated rings. The van der Waals surface area contributed by atoms with Crippen LogP contribution >= 0.6 is 0 Å². The molecule has 0 aromatic rings. The van der Waals surface area contributed by atoms with Gasteiger partial charge in [0.25, 0.3) is 0 Å². The predicted octanol–water partition coefficient (Wildman–Crippen LogP) is 1.56. The van der Waals surface area contributed by atoms with E-state index in [1.807, 2.05) is 0 Å². The molecule has 2 atom stereocenters. The van der Waals surface area contributed by atoms with Gasteiger partial charge < -0.3 is 15.1 Å². The van der Waals surface area contributed by atoms with Crippen molar-refractivity contribution in [3.63, 3.8) is 0 Å². The third-order valence-corrected chi connectivity index (χ3v) is 5.10. The molecule has 2 aliphatic rings. The van der Waals surface area contributed by atoms with Crippen LogP contribution in [0.25, 0.3) is 0 Å². The fraction of sp³-hybridized carbons (Fsp3) is 0.750. The second-order valence-corrected chi connectivity index (χ2v) is 6.45. The van der Waals surface area contributed by atoms with Gasteiger partial charge >= 0.3 is 11.9 Å². The van der Waals surface area contributed by atoms with E-state index in [1.54, 1.807) is 0 Å². The van der Waals surface area contributed by atoms with Crippen LogP contribution in [0, 0.1) is 5.92 Å². The fourth-order valence-electron chi connectivity index (χ4n) is 4.01. The van der Waals surface area contributed by atoms with Gasteiger partial charge in [-0.15, -0.1) is 0 Å². The van der Waals surface area contributed by atoms with Gasteiger partial charge in [0.05, 0.1) is 0 Å². The van der Waals surface area contributed by atoms with E-state index in [-0.39, 0.29) is 5.92 Å². The Hall–Kier alpha value is -1.92. The number of carboxylic acids is 2. The van der Waals surface area contributed by atoms with Crippen LogP contribution in [-0.4, -0.2) is 57.3 Å². The first-order valence-corrected chi connectivity index (χ1v) is 8.20. The summed E-state index contributed by atoms with van der Waals surface area (Å²) in [5, 5.41) is 18.5. The summed E-state index contributed by atoms with van der Waals surface area (Å²) in [6, 6.07) is -0.883. The van der Waals surface area contributed by atoms with E-state index < -0.39 is 29.4 Å². The number of carbonyl (C=O) groups is 3. The zero-order chi connectivity index (χ0) is 17.0. The molecule has 1 amide bonds. The second-order valence-electron chi connectivity index (χ2n) is 6.45. The summed E-state index contributed by atoms with van der Waals surface area (Å²) in [7, 11) is 0. The highest BCUT2D eigenvalue weighted by Crippen LogP contribution is 2.43. The molecule has 23 heavy (non-hydrogen) atoms. The highest BCUT2D eigenvalue weighted by Gasteiger charge is 2.55. The number of hydrogen-bond donors (Lipinski definition) is 2. The summed E-state index contributed by atoms with van der Waals surface area (Å²) in [6.07, 6.45) is 6.56. The zero-order valence-electron chi connectivity index (χ0n) is 13.4. The number of rotatable bonds is 5. The lowest BCUT2D eigenvalue weighted by Gasteiger charge is -2.43. The first-order chi connectivity index (χ1) is 10.9. The molecule has 0 aromatic heterocycles. The van der Waals surface area contributed by atoms with Crippen molar-refractivity contribution in [2.75, 3.05) is 6.54 Å². The molecular weight excluding hydrogens is 300 g/mol. The van der Waals surface area contributed by atoms with Crippen molar-refractivity contribution in [2.24, 2.45) is 10.9 Å². The first-order valence-electron chi connectivity index (χ1n) is 8.20. The van der Waals surface area contributed by atoms with Gasteiger partial charge in [0.1, 0.15) is 17.8 Å². The predicted molar refractivity (Wildman–Crippen MR) is 83.5 cm³/mol. The monoisotopic (exact) mass is 324 g/mol. The van der Waals surface area contributed by atoms with Crippen molar-refractivity contribution in [1.82, 2.24) is 4.90 Å². The maximum absolute atomic E-state index is 12.7. The second kappa shape index (κ2) is 7.10. The lowest BCUT2D eigenvalue weighted by molar-refractivity contribution is -0.162. The van der Waals surface area contributed by atoms with Gasteiger partial charge in [-0.25, -0.2) is 9.59 Å². The number of carbonyl (C=O) groups excluding carboxylic acids is 1. The minimum Gasteiger partial charge on any atom is -0.479 e. The molecule has 1 saturated carbocycles. The normalized spacial score (nSPS) is 27.3. The van der Waals surface area contributed by atoms with Crippen LogP contribution in [0.2, 0.25) is 0 Å². The van der Waals surface area contributed by atoms with E-state index >= 15 is 0 Å². The average Bonchev–Trinajstić information content (AvgIpc) is 2.98.